The minimum atomic E-state index is -0.659. The first-order valence-electron chi connectivity index (χ1n) is 9.34. The van der Waals surface area contributed by atoms with E-state index in [1.165, 1.54) is 4.70 Å². The number of carbonyl (C=O) groups is 1. The van der Waals surface area contributed by atoms with Gasteiger partial charge in [0.25, 0.3) is 0 Å². The standard InChI is InChI=1S/C22H24N2O3S/c1-22(2,23-3)21(26)24-8-9-27-20-15(12-24)10-14(11-18(20)25)17-13-28-19-7-5-4-6-16(17)19/h4-7,10-11,13,23,25H,8-9,12H2,1-3H3. The predicted molar refractivity (Wildman–Crippen MR) is 113 cm³/mol. The van der Waals surface area contributed by atoms with E-state index in [4.69, 9.17) is 4.74 Å². The van der Waals surface area contributed by atoms with E-state index in [1.54, 1.807) is 29.4 Å². The van der Waals surface area contributed by atoms with E-state index in [0.717, 1.165) is 22.1 Å². The van der Waals surface area contributed by atoms with Crippen molar-refractivity contribution in [3.63, 3.8) is 0 Å². The number of carbonyl (C=O) groups excluding carboxylic acids is 1. The number of nitrogens with one attached hydrogen (secondary N) is 1. The Kier molecular flexibility index (Phi) is 4.77. The molecule has 1 amide bonds. The van der Waals surface area contributed by atoms with Crippen LogP contribution in [0.25, 0.3) is 21.2 Å². The van der Waals surface area contributed by atoms with Crippen molar-refractivity contribution in [3.05, 3.63) is 47.3 Å². The number of amides is 1. The lowest BCUT2D eigenvalue weighted by Crippen LogP contribution is -2.53. The molecule has 1 aliphatic heterocycles. The number of aromatic hydroxyl groups is 1. The van der Waals surface area contributed by atoms with E-state index in [1.807, 2.05) is 32.0 Å². The third-order valence-corrected chi connectivity index (χ3v) is 6.32. The molecule has 1 aromatic heterocycles. The summed E-state index contributed by atoms with van der Waals surface area (Å²) in [6, 6.07) is 12.0. The molecule has 0 fully saturated rings. The second kappa shape index (κ2) is 7.11. The van der Waals surface area contributed by atoms with Crippen LogP contribution in [0.5, 0.6) is 11.5 Å². The van der Waals surface area contributed by atoms with Crippen LogP contribution in [0, 0.1) is 0 Å². The normalized spacial score (nSPS) is 14.5. The molecule has 5 nitrogen and oxygen atoms in total. The Balaban J connectivity index is 1.75. The smallest absolute Gasteiger partial charge is 0.242 e. The zero-order chi connectivity index (χ0) is 19.9. The zero-order valence-corrected chi connectivity index (χ0v) is 17.1. The van der Waals surface area contributed by atoms with E-state index in [-0.39, 0.29) is 11.7 Å². The first-order chi connectivity index (χ1) is 13.4. The van der Waals surface area contributed by atoms with Gasteiger partial charge in [-0.1, -0.05) is 18.2 Å². The van der Waals surface area contributed by atoms with Crippen molar-refractivity contribution in [2.75, 3.05) is 20.2 Å². The molecule has 0 aliphatic carbocycles. The molecule has 3 aromatic rings. The summed E-state index contributed by atoms with van der Waals surface area (Å²) in [6.45, 7) is 4.98. The van der Waals surface area contributed by atoms with E-state index >= 15 is 0 Å². The molecular formula is C22H24N2O3S. The summed E-state index contributed by atoms with van der Waals surface area (Å²) in [5, 5.41) is 17.0. The molecule has 0 bridgehead atoms. The van der Waals surface area contributed by atoms with Crippen molar-refractivity contribution >= 4 is 27.3 Å². The summed E-state index contributed by atoms with van der Waals surface area (Å²) < 4.78 is 7.01. The maximum absolute atomic E-state index is 12.9. The third kappa shape index (κ3) is 3.23. The number of nitrogens with zero attached hydrogens (tertiary/aromatic N) is 1. The molecule has 2 N–H and O–H groups in total. The number of phenolic OH excluding ortho intramolecular Hbond substituents is 1. The fraction of sp³-hybridized carbons (Fsp3) is 0.318. The highest BCUT2D eigenvalue weighted by atomic mass is 32.1. The average Bonchev–Trinajstić information content (AvgIpc) is 3.00. The Morgan fingerprint density at radius 1 is 1.29 bits per heavy atom. The van der Waals surface area contributed by atoms with Crippen molar-refractivity contribution in [2.24, 2.45) is 0 Å². The first kappa shape index (κ1) is 18.8. The highest BCUT2D eigenvalue weighted by Gasteiger charge is 2.32. The molecular weight excluding hydrogens is 372 g/mol. The topological polar surface area (TPSA) is 61.8 Å². The largest absolute Gasteiger partial charge is 0.504 e. The number of phenols is 1. The van der Waals surface area contributed by atoms with E-state index in [2.05, 4.69) is 22.8 Å². The lowest BCUT2D eigenvalue weighted by atomic mass is 10.00. The summed E-state index contributed by atoms with van der Waals surface area (Å²) in [5.41, 5.74) is 2.17. The number of rotatable bonds is 3. The van der Waals surface area contributed by atoms with E-state index in [0.29, 0.717) is 25.4 Å². The van der Waals surface area contributed by atoms with Gasteiger partial charge in [0, 0.05) is 27.8 Å². The lowest BCUT2D eigenvalue weighted by molar-refractivity contribution is -0.137. The van der Waals surface area contributed by atoms with Crippen LogP contribution in [0.1, 0.15) is 19.4 Å². The van der Waals surface area contributed by atoms with E-state index < -0.39 is 5.54 Å². The van der Waals surface area contributed by atoms with Gasteiger partial charge in [-0.25, -0.2) is 0 Å². The lowest BCUT2D eigenvalue weighted by Gasteiger charge is -2.30. The van der Waals surface area contributed by atoms with E-state index in [9.17, 15) is 9.90 Å². The van der Waals surface area contributed by atoms with Crippen LogP contribution in [-0.4, -0.2) is 41.7 Å². The molecule has 1 aliphatic rings. The molecule has 0 saturated heterocycles. The molecule has 2 heterocycles. The summed E-state index contributed by atoms with van der Waals surface area (Å²) in [5.74, 6) is 0.600. The molecule has 0 spiro atoms. The number of benzene rings is 2. The van der Waals surface area contributed by atoms with Gasteiger partial charge in [-0.15, -0.1) is 11.3 Å². The third-order valence-electron chi connectivity index (χ3n) is 5.35. The number of fused-ring (bicyclic) bond motifs is 2. The summed E-state index contributed by atoms with van der Waals surface area (Å²) in [7, 11) is 1.78. The maximum Gasteiger partial charge on any atom is 0.242 e. The zero-order valence-electron chi connectivity index (χ0n) is 16.3. The highest BCUT2D eigenvalue weighted by Crippen LogP contribution is 2.41. The minimum Gasteiger partial charge on any atom is -0.504 e. The molecule has 6 heteroatoms. The van der Waals surface area contributed by atoms with Gasteiger partial charge in [0.05, 0.1) is 12.1 Å². The molecule has 146 valence electrons. The van der Waals surface area contributed by atoms with Crippen LogP contribution in [-0.2, 0) is 11.3 Å². The summed E-state index contributed by atoms with van der Waals surface area (Å²) in [6.07, 6.45) is 0. The quantitative estimate of drug-likeness (QED) is 0.703. The highest BCUT2D eigenvalue weighted by molar-refractivity contribution is 7.17. The average molecular weight is 397 g/mol. The van der Waals surface area contributed by atoms with Gasteiger partial charge in [-0.05, 0) is 50.0 Å². The Labute approximate surface area is 168 Å². The number of hydrogen-bond acceptors (Lipinski definition) is 5. The van der Waals surface area contributed by atoms with Gasteiger partial charge in [-0.2, -0.15) is 0 Å². The second-order valence-electron chi connectivity index (χ2n) is 7.58. The molecule has 0 saturated carbocycles. The van der Waals surface area contributed by atoms with Gasteiger partial charge >= 0.3 is 0 Å². The van der Waals surface area contributed by atoms with Crippen molar-refractivity contribution in [1.82, 2.24) is 10.2 Å². The van der Waals surface area contributed by atoms with Gasteiger partial charge in [0.2, 0.25) is 5.91 Å². The van der Waals surface area contributed by atoms with Crippen molar-refractivity contribution in [1.29, 1.82) is 0 Å². The van der Waals surface area contributed by atoms with Crippen LogP contribution in [0.15, 0.2) is 41.8 Å². The Hall–Kier alpha value is -2.57. The molecule has 0 radical (unpaired) electrons. The summed E-state index contributed by atoms with van der Waals surface area (Å²) >= 11 is 1.68. The number of thiophene rings is 1. The molecule has 0 unspecified atom stereocenters. The number of likely N-dealkylation sites (N-methyl/N-ethyl adjacent to an activating group) is 1. The minimum absolute atomic E-state index is 0.0114. The monoisotopic (exact) mass is 396 g/mol. The predicted octanol–water partition coefficient (Wildman–Crippen LogP) is 3.99. The fourth-order valence-electron chi connectivity index (χ4n) is 3.53. The Morgan fingerprint density at radius 2 is 2.07 bits per heavy atom. The van der Waals surface area contributed by atoms with Gasteiger partial charge in [-0.3, -0.25) is 4.79 Å². The molecule has 0 atom stereocenters. The first-order valence-corrected chi connectivity index (χ1v) is 10.2. The second-order valence-corrected chi connectivity index (χ2v) is 8.49. The van der Waals surface area contributed by atoms with Gasteiger partial charge < -0.3 is 20.1 Å². The van der Waals surface area contributed by atoms with Crippen molar-refractivity contribution in [3.8, 4) is 22.6 Å². The fourth-order valence-corrected chi connectivity index (χ4v) is 4.50. The van der Waals surface area contributed by atoms with Crippen LogP contribution < -0.4 is 10.1 Å². The SMILES string of the molecule is CNC(C)(C)C(=O)N1CCOc2c(O)cc(-c3csc4ccccc34)cc2C1. The van der Waals surface area contributed by atoms with Crippen molar-refractivity contribution in [2.45, 2.75) is 25.9 Å². The van der Waals surface area contributed by atoms with Crippen LogP contribution >= 0.6 is 11.3 Å². The Bertz CT molecular complexity index is 1040. The van der Waals surface area contributed by atoms with Crippen LogP contribution in [0.2, 0.25) is 0 Å². The number of hydrogen-bond donors (Lipinski definition) is 2. The van der Waals surface area contributed by atoms with Crippen molar-refractivity contribution < 1.29 is 14.6 Å². The van der Waals surface area contributed by atoms with Gasteiger partial charge in [0.1, 0.15) is 6.61 Å². The molecule has 2 aromatic carbocycles. The molecule has 28 heavy (non-hydrogen) atoms. The Morgan fingerprint density at radius 3 is 2.86 bits per heavy atom. The van der Waals surface area contributed by atoms with Crippen LogP contribution in [0.3, 0.4) is 0 Å². The maximum atomic E-state index is 12.9. The van der Waals surface area contributed by atoms with Gasteiger partial charge in [0.15, 0.2) is 11.5 Å². The molecule has 4 rings (SSSR count). The number of ether oxygens (including phenoxy) is 1. The van der Waals surface area contributed by atoms with Crippen LogP contribution in [0.4, 0.5) is 0 Å². The summed E-state index contributed by atoms with van der Waals surface area (Å²) in [4.78, 5) is 14.7.